The number of para-hydroxylation sites is 1. The van der Waals surface area contributed by atoms with Gasteiger partial charge in [0.2, 0.25) is 6.79 Å². The van der Waals surface area contributed by atoms with Gasteiger partial charge < -0.3 is 29.2 Å². The summed E-state index contributed by atoms with van der Waals surface area (Å²) < 4.78 is 27.6. The highest BCUT2D eigenvalue weighted by atomic mass is 16.8. The zero-order valence-corrected chi connectivity index (χ0v) is 25.0. The van der Waals surface area contributed by atoms with Crippen molar-refractivity contribution in [2.24, 2.45) is 0 Å². The van der Waals surface area contributed by atoms with E-state index in [0.717, 1.165) is 28.0 Å². The summed E-state index contributed by atoms with van der Waals surface area (Å²) in [5.74, 6) is -0.998. The molecule has 0 atom stereocenters. The van der Waals surface area contributed by atoms with Crippen LogP contribution in [0.15, 0.2) is 87.9 Å². The van der Waals surface area contributed by atoms with E-state index in [0.29, 0.717) is 42.7 Å². The Labute approximate surface area is 262 Å². The van der Waals surface area contributed by atoms with Crippen LogP contribution in [0.2, 0.25) is 0 Å². The van der Waals surface area contributed by atoms with E-state index in [9.17, 15) is 14.4 Å². The highest BCUT2D eigenvalue weighted by Gasteiger charge is 2.21. The lowest BCUT2D eigenvalue weighted by molar-refractivity contribution is -0.0255. The van der Waals surface area contributed by atoms with Crippen LogP contribution < -0.4 is 15.8 Å². The molecule has 0 saturated heterocycles. The van der Waals surface area contributed by atoms with Gasteiger partial charge in [0, 0.05) is 18.8 Å². The molecule has 6 rings (SSSR count). The van der Waals surface area contributed by atoms with Crippen LogP contribution in [-0.2, 0) is 20.8 Å². The molecule has 0 fully saturated rings. The minimum atomic E-state index is -0.965. The molecule has 0 aliphatic carbocycles. The summed E-state index contributed by atoms with van der Waals surface area (Å²) in [5, 5.41) is 6.89. The van der Waals surface area contributed by atoms with E-state index in [2.05, 4.69) is 20.4 Å². The molecule has 46 heavy (non-hydrogen) atoms. The van der Waals surface area contributed by atoms with Gasteiger partial charge in [-0.15, -0.1) is 0 Å². The molecular formula is C32H30N6O8. The maximum absolute atomic E-state index is 13.2. The normalized spacial score (nSPS) is 12.5. The first kappa shape index (κ1) is 30.0. The fourth-order valence-corrected chi connectivity index (χ4v) is 5.03. The summed E-state index contributed by atoms with van der Waals surface area (Å²) in [5.41, 5.74) is 5.38. The van der Waals surface area contributed by atoms with Crippen molar-refractivity contribution in [3.63, 3.8) is 0 Å². The monoisotopic (exact) mass is 626 g/mol. The smallest absolute Gasteiger partial charge is 0.465 e. The number of ether oxygens (including phenoxy) is 4. The zero-order valence-electron chi connectivity index (χ0n) is 25.0. The fraction of sp³-hybridized carbons (Fsp3) is 0.219. The van der Waals surface area contributed by atoms with Gasteiger partial charge in [-0.1, -0.05) is 59.8 Å². The van der Waals surface area contributed by atoms with Crippen molar-refractivity contribution in [2.45, 2.75) is 13.5 Å². The van der Waals surface area contributed by atoms with E-state index in [1.165, 1.54) is 0 Å². The largest absolute Gasteiger partial charge is 0.511 e. The lowest BCUT2D eigenvalue weighted by Gasteiger charge is -2.13. The van der Waals surface area contributed by atoms with Gasteiger partial charge in [0.15, 0.2) is 5.82 Å². The fourth-order valence-electron chi connectivity index (χ4n) is 5.03. The van der Waals surface area contributed by atoms with Crippen molar-refractivity contribution in [3.05, 3.63) is 100 Å². The van der Waals surface area contributed by atoms with Crippen LogP contribution in [0.4, 0.5) is 4.79 Å². The zero-order chi connectivity index (χ0) is 32.0. The molecule has 0 bridgehead atoms. The molecule has 5 aromatic rings. The van der Waals surface area contributed by atoms with Crippen molar-refractivity contribution in [1.82, 2.24) is 29.9 Å². The molecule has 3 heterocycles. The summed E-state index contributed by atoms with van der Waals surface area (Å²) in [7, 11) is 1.88. The average molecular weight is 627 g/mol. The third-order valence-corrected chi connectivity index (χ3v) is 7.10. The van der Waals surface area contributed by atoms with Crippen LogP contribution in [0.3, 0.4) is 0 Å². The van der Waals surface area contributed by atoms with Crippen LogP contribution in [-0.4, -0.2) is 70.4 Å². The number of H-pyrrole nitrogens is 1. The van der Waals surface area contributed by atoms with E-state index in [4.69, 9.17) is 23.5 Å². The number of aromatic nitrogens is 4. The number of hydrogen-bond acceptors (Lipinski definition) is 12. The second-order valence-electron chi connectivity index (χ2n) is 10.3. The van der Waals surface area contributed by atoms with Crippen LogP contribution in [0.25, 0.3) is 33.5 Å². The number of esters is 1. The van der Waals surface area contributed by atoms with Gasteiger partial charge >= 0.3 is 17.9 Å². The van der Waals surface area contributed by atoms with Crippen molar-refractivity contribution in [1.29, 1.82) is 0 Å². The molecule has 2 aromatic heterocycles. The minimum absolute atomic E-state index is 0.00573. The van der Waals surface area contributed by atoms with Crippen LogP contribution >= 0.6 is 0 Å². The number of carbonyl (C=O) groups is 2. The minimum Gasteiger partial charge on any atom is -0.465 e. The van der Waals surface area contributed by atoms with E-state index in [-0.39, 0.29) is 12.2 Å². The summed E-state index contributed by atoms with van der Waals surface area (Å²) in [6, 6.07) is 20.8. The highest BCUT2D eigenvalue weighted by molar-refractivity contribution is 6.02. The van der Waals surface area contributed by atoms with Crippen LogP contribution in [0, 0.1) is 0 Å². The number of benzene rings is 3. The van der Waals surface area contributed by atoms with Gasteiger partial charge in [-0.2, -0.15) is 4.98 Å². The molecule has 14 heteroatoms. The summed E-state index contributed by atoms with van der Waals surface area (Å²) in [4.78, 5) is 45.8. The predicted octanol–water partition coefficient (Wildman–Crippen LogP) is 4.10. The Hall–Kier alpha value is -6.05. The Morgan fingerprint density at radius 2 is 1.78 bits per heavy atom. The van der Waals surface area contributed by atoms with Gasteiger partial charge in [-0.3, -0.25) is 14.1 Å². The number of rotatable bonds is 11. The molecule has 236 valence electrons. The van der Waals surface area contributed by atoms with Gasteiger partial charge in [0.25, 0.3) is 6.01 Å². The van der Waals surface area contributed by atoms with Gasteiger partial charge in [-0.05, 0) is 35.7 Å². The number of imidazole rings is 1. The Kier molecular flexibility index (Phi) is 8.67. The first-order chi connectivity index (χ1) is 22.4. The van der Waals surface area contributed by atoms with E-state index < -0.39 is 24.7 Å². The van der Waals surface area contributed by atoms with Crippen LogP contribution in [0.5, 0.6) is 6.01 Å². The van der Waals surface area contributed by atoms with Crippen LogP contribution in [0.1, 0.15) is 22.8 Å². The molecule has 0 unspecified atom stereocenters. The molecule has 1 aliphatic rings. The molecule has 1 aliphatic heterocycles. The summed E-state index contributed by atoms with van der Waals surface area (Å²) >= 11 is 0. The van der Waals surface area contributed by atoms with Crippen molar-refractivity contribution >= 4 is 23.2 Å². The SMILES string of the molecule is CCOc1nc2cccc(C(=O)OCOC(=O)OCC3=CN(C)CN3)c2n1Cc1ccc(-c2ccccc2-c2noc(=O)[nH]2)cc1. The second kappa shape index (κ2) is 13.3. The average Bonchev–Trinajstić information content (AvgIpc) is 3.79. The molecule has 0 radical (unpaired) electrons. The standard InChI is InChI=1S/C32H30N6O8/c1-3-42-30-34-26-10-6-9-25(29(39)44-19-45-32(41)43-17-22-16-37(2)18-33-22)27(26)38(30)15-20-11-13-21(14-12-20)23-7-4-5-8-24(23)28-35-31(40)46-36-28/h4-14,16,33H,3,15,17-19H2,1-2H3,(H,35,36,40). The first-order valence-electron chi connectivity index (χ1n) is 14.4. The molecular weight excluding hydrogens is 596 g/mol. The molecule has 2 N–H and O–H groups in total. The Bertz CT molecular complexity index is 1960. The molecule has 0 spiro atoms. The Morgan fingerprint density at radius 1 is 0.978 bits per heavy atom. The lowest BCUT2D eigenvalue weighted by atomic mass is 9.98. The van der Waals surface area contributed by atoms with Gasteiger partial charge in [0.05, 0.1) is 42.1 Å². The quantitative estimate of drug-likeness (QED) is 0.160. The number of fused-ring (bicyclic) bond motifs is 1. The predicted molar refractivity (Wildman–Crippen MR) is 165 cm³/mol. The van der Waals surface area contributed by atoms with Gasteiger partial charge in [0.1, 0.15) is 6.61 Å². The molecule has 14 nitrogen and oxygen atoms in total. The van der Waals surface area contributed by atoms with Crippen molar-refractivity contribution < 1.29 is 33.1 Å². The highest BCUT2D eigenvalue weighted by Crippen LogP contribution is 2.31. The van der Waals surface area contributed by atoms with E-state index in [1.807, 2.05) is 73.6 Å². The topological polar surface area (TPSA) is 163 Å². The van der Waals surface area contributed by atoms with E-state index in [1.54, 1.807) is 22.8 Å². The maximum atomic E-state index is 13.2. The molecule has 0 amide bonds. The Balaban J connectivity index is 1.19. The third-order valence-electron chi connectivity index (χ3n) is 7.10. The maximum Gasteiger partial charge on any atom is 0.511 e. The number of nitrogens with one attached hydrogen (secondary N) is 2. The third kappa shape index (κ3) is 6.55. The van der Waals surface area contributed by atoms with Gasteiger partial charge in [-0.25, -0.2) is 14.4 Å². The van der Waals surface area contributed by atoms with Crippen molar-refractivity contribution in [2.75, 3.05) is 33.7 Å². The summed E-state index contributed by atoms with van der Waals surface area (Å²) in [6.07, 6.45) is 0.846. The second-order valence-corrected chi connectivity index (χ2v) is 10.3. The number of nitrogens with zero attached hydrogens (tertiary/aromatic N) is 4. The number of hydrogen-bond donors (Lipinski definition) is 2. The Morgan fingerprint density at radius 3 is 2.50 bits per heavy atom. The first-order valence-corrected chi connectivity index (χ1v) is 14.4. The lowest BCUT2D eigenvalue weighted by Crippen LogP contribution is -2.20. The van der Waals surface area contributed by atoms with E-state index >= 15 is 0 Å². The molecule has 3 aromatic carbocycles. The summed E-state index contributed by atoms with van der Waals surface area (Å²) in [6.45, 7) is 2.54. The van der Waals surface area contributed by atoms with Crippen molar-refractivity contribution in [3.8, 4) is 28.5 Å². The molecule has 0 saturated carbocycles. The number of carbonyl (C=O) groups excluding carboxylic acids is 2. The number of aromatic amines is 1.